The predicted molar refractivity (Wildman–Crippen MR) is 68.5 cm³/mol. The van der Waals surface area contributed by atoms with E-state index in [2.05, 4.69) is 15.1 Å². The van der Waals surface area contributed by atoms with Crippen LogP contribution >= 0.6 is 0 Å². The van der Waals surface area contributed by atoms with E-state index in [9.17, 15) is 5.11 Å². The molecule has 1 unspecified atom stereocenters. The summed E-state index contributed by atoms with van der Waals surface area (Å²) in [5.74, 6) is 1.11. The molecule has 0 aliphatic carbocycles. The minimum Gasteiger partial charge on any atom is -0.393 e. The molecule has 18 heavy (non-hydrogen) atoms. The second-order valence-corrected chi connectivity index (χ2v) is 4.11. The van der Waals surface area contributed by atoms with Gasteiger partial charge in [-0.3, -0.25) is 0 Å². The molecule has 0 amide bonds. The van der Waals surface area contributed by atoms with Gasteiger partial charge in [-0.25, -0.2) is 14.6 Å². The SMILES string of the molecule is CC(O)CN(C)c1ncnc(-n2cccn2)c1N. The Kier molecular flexibility index (Phi) is 3.42. The van der Waals surface area contributed by atoms with E-state index >= 15 is 0 Å². The summed E-state index contributed by atoms with van der Waals surface area (Å²) in [7, 11) is 1.82. The molecule has 0 saturated carbocycles. The Labute approximate surface area is 105 Å². The molecule has 0 aliphatic heterocycles. The summed E-state index contributed by atoms with van der Waals surface area (Å²) in [4.78, 5) is 10.0. The number of nitrogens with zero attached hydrogens (tertiary/aromatic N) is 5. The second-order valence-electron chi connectivity index (χ2n) is 4.11. The van der Waals surface area contributed by atoms with Crippen LogP contribution in [0.2, 0.25) is 0 Å². The van der Waals surface area contributed by atoms with Crippen LogP contribution < -0.4 is 10.6 Å². The minimum atomic E-state index is -0.461. The molecule has 2 rings (SSSR count). The lowest BCUT2D eigenvalue weighted by Gasteiger charge is -2.21. The Hall–Kier alpha value is -2.15. The van der Waals surface area contributed by atoms with Gasteiger partial charge in [-0.05, 0) is 13.0 Å². The number of rotatable bonds is 4. The van der Waals surface area contributed by atoms with Gasteiger partial charge in [0.2, 0.25) is 0 Å². The largest absolute Gasteiger partial charge is 0.393 e. The first-order valence-electron chi connectivity index (χ1n) is 5.59. The summed E-state index contributed by atoms with van der Waals surface area (Å²) in [6.07, 6.45) is 4.39. The molecule has 2 aromatic heterocycles. The molecule has 1 atom stereocenters. The maximum absolute atomic E-state index is 9.38. The Morgan fingerprint density at radius 1 is 1.50 bits per heavy atom. The molecule has 0 fully saturated rings. The lowest BCUT2D eigenvalue weighted by Crippen LogP contribution is -2.28. The van der Waals surface area contributed by atoms with Crippen molar-refractivity contribution in [2.24, 2.45) is 0 Å². The standard InChI is InChI=1S/C11H16N6O/c1-8(18)6-16(2)10-9(12)11(14-7-13-10)17-5-3-4-15-17/h3-5,7-8,18H,6,12H2,1-2H3. The van der Waals surface area contributed by atoms with E-state index in [1.165, 1.54) is 6.33 Å². The number of aliphatic hydroxyl groups excluding tert-OH is 1. The van der Waals surface area contributed by atoms with Gasteiger partial charge in [-0.1, -0.05) is 0 Å². The third kappa shape index (κ3) is 2.40. The van der Waals surface area contributed by atoms with E-state index in [4.69, 9.17) is 5.73 Å². The van der Waals surface area contributed by atoms with Gasteiger partial charge in [-0.2, -0.15) is 5.10 Å². The van der Waals surface area contributed by atoms with Crippen LogP contribution in [0.3, 0.4) is 0 Å². The predicted octanol–water partition coefficient (Wildman–Crippen LogP) is 0.0615. The highest BCUT2D eigenvalue weighted by atomic mass is 16.3. The van der Waals surface area contributed by atoms with Crippen molar-refractivity contribution in [1.82, 2.24) is 19.7 Å². The highest BCUT2D eigenvalue weighted by molar-refractivity contribution is 5.69. The number of nitrogens with two attached hydrogens (primary N) is 1. The van der Waals surface area contributed by atoms with E-state index in [1.807, 2.05) is 7.05 Å². The molecule has 0 aliphatic rings. The fraction of sp³-hybridized carbons (Fsp3) is 0.364. The summed E-state index contributed by atoms with van der Waals surface area (Å²) in [6, 6.07) is 1.79. The van der Waals surface area contributed by atoms with Gasteiger partial charge in [0.1, 0.15) is 12.0 Å². The summed E-state index contributed by atoms with van der Waals surface area (Å²) in [5, 5.41) is 13.5. The third-order valence-corrected chi connectivity index (χ3v) is 2.46. The van der Waals surface area contributed by atoms with Crippen molar-refractivity contribution in [2.75, 3.05) is 24.2 Å². The second kappa shape index (κ2) is 5.01. The van der Waals surface area contributed by atoms with Crippen LogP contribution in [0.15, 0.2) is 24.8 Å². The Balaban J connectivity index is 2.36. The number of aliphatic hydroxyl groups is 1. The summed E-state index contributed by atoms with van der Waals surface area (Å²) >= 11 is 0. The van der Waals surface area contributed by atoms with Gasteiger partial charge < -0.3 is 15.7 Å². The molecule has 7 nitrogen and oxygen atoms in total. The fourth-order valence-electron chi connectivity index (χ4n) is 1.74. The van der Waals surface area contributed by atoms with Crippen LogP contribution in [0.4, 0.5) is 11.5 Å². The maximum atomic E-state index is 9.38. The zero-order valence-corrected chi connectivity index (χ0v) is 10.4. The van der Waals surface area contributed by atoms with E-state index in [1.54, 1.807) is 35.0 Å². The third-order valence-electron chi connectivity index (χ3n) is 2.46. The van der Waals surface area contributed by atoms with Crippen LogP contribution in [0.25, 0.3) is 5.82 Å². The topological polar surface area (TPSA) is 93.1 Å². The van der Waals surface area contributed by atoms with Crippen LogP contribution in [0.1, 0.15) is 6.92 Å². The van der Waals surface area contributed by atoms with Crippen molar-refractivity contribution in [2.45, 2.75) is 13.0 Å². The molecule has 3 N–H and O–H groups in total. The highest BCUT2D eigenvalue weighted by Gasteiger charge is 2.14. The number of nitrogen functional groups attached to an aromatic ring is 1. The van der Waals surface area contributed by atoms with Crippen molar-refractivity contribution < 1.29 is 5.11 Å². The van der Waals surface area contributed by atoms with Crippen molar-refractivity contribution in [3.05, 3.63) is 24.8 Å². The number of aromatic nitrogens is 4. The van der Waals surface area contributed by atoms with Crippen molar-refractivity contribution in [3.63, 3.8) is 0 Å². The van der Waals surface area contributed by atoms with E-state index < -0.39 is 6.10 Å². The zero-order valence-electron chi connectivity index (χ0n) is 10.4. The molecule has 0 radical (unpaired) electrons. The van der Waals surface area contributed by atoms with Crippen molar-refractivity contribution in [1.29, 1.82) is 0 Å². The molecule has 96 valence electrons. The molecule has 2 heterocycles. The smallest absolute Gasteiger partial charge is 0.181 e. The first-order valence-corrected chi connectivity index (χ1v) is 5.59. The molecular weight excluding hydrogens is 232 g/mol. The van der Waals surface area contributed by atoms with Gasteiger partial charge in [-0.15, -0.1) is 0 Å². The quantitative estimate of drug-likeness (QED) is 0.795. The van der Waals surface area contributed by atoms with Gasteiger partial charge >= 0.3 is 0 Å². The number of likely N-dealkylation sites (N-methyl/N-ethyl adjacent to an activating group) is 1. The van der Waals surface area contributed by atoms with Gasteiger partial charge in [0.15, 0.2) is 11.6 Å². The van der Waals surface area contributed by atoms with Gasteiger partial charge in [0, 0.05) is 26.0 Å². The molecule has 0 bridgehead atoms. The first-order chi connectivity index (χ1) is 8.59. The van der Waals surface area contributed by atoms with E-state index in [-0.39, 0.29) is 0 Å². The first kappa shape index (κ1) is 12.3. The number of anilines is 2. The number of hydrogen-bond donors (Lipinski definition) is 2. The van der Waals surface area contributed by atoms with Gasteiger partial charge in [0.05, 0.1) is 6.10 Å². The summed E-state index contributed by atoms with van der Waals surface area (Å²) in [5.41, 5.74) is 6.48. The summed E-state index contributed by atoms with van der Waals surface area (Å²) in [6.45, 7) is 2.15. The van der Waals surface area contributed by atoms with Crippen LogP contribution in [-0.2, 0) is 0 Å². The molecule has 0 saturated heterocycles. The maximum Gasteiger partial charge on any atom is 0.181 e. The van der Waals surface area contributed by atoms with Gasteiger partial charge in [0.25, 0.3) is 0 Å². The van der Waals surface area contributed by atoms with Crippen molar-refractivity contribution in [3.8, 4) is 5.82 Å². The molecular formula is C11H16N6O. The lowest BCUT2D eigenvalue weighted by molar-refractivity contribution is 0.201. The van der Waals surface area contributed by atoms with Crippen LogP contribution in [0, 0.1) is 0 Å². The minimum absolute atomic E-state index is 0.435. The Morgan fingerprint density at radius 2 is 2.28 bits per heavy atom. The fourth-order valence-corrected chi connectivity index (χ4v) is 1.74. The molecule has 0 aromatic carbocycles. The van der Waals surface area contributed by atoms with Crippen molar-refractivity contribution >= 4 is 11.5 Å². The zero-order chi connectivity index (χ0) is 13.1. The summed E-state index contributed by atoms with van der Waals surface area (Å²) < 4.78 is 1.58. The Bertz CT molecular complexity index is 510. The Morgan fingerprint density at radius 3 is 2.89 bits per heavy atom. The normalized spacial score (nSPS) is 12.4. The average Bonchev–Trinajstić information content (AvgIpc) is 2.81. The molecule has 7 heteroatoms. The molecule has 0 spiro atoms. The van der Waals surface area contributed by atoms with E-state index in [0.29, 0.717) is 23.9 Å². The van der Waals surface area contributed by atoms with Crippen LogP contribution in [0.5, 0.6) is 0 Å². The molecule has 2 aromatic rings. The highest BCUT2D eigenvalue weighted by Crippen LogP contribution is 2.23. The number of hydrogen-bond acceptors (Lipinski definition) is 6. The van der Waals surface area contributed by atoms with E-state index in [0.717, 1.165) is 0 Å². The monoisotopic (exact) mass is 248 g/mol. The van der Waals surface area contributed by atoms with Crippen LogP contribution in [-0.4, -0.2) is 44.6 Å². The lowest BCUT2D eigenvalue weighted by atomic mass is 10.3. The average molecular weight is 248 g/mol.